The summed E-state index contributed by atoms with van der Waals surface area (Å²) in [7, 11) is 0. The zero-order chi connectivity index (χ0) is 17.4. The molecule has 0 fully saturated rings. The van der Waals surface area contributed by atoms with Crippen molar-refractivity contribution in [3.05, 3.63) is 70.2 Å². The van der Waals surface area contributed by atoms with Gasteiger partial charge in [-0.1, -0.05) is 11.6 Å². The Morgan fingerprint density at radius 1 is 1.16 bits per heavy atom. The van der Waals surface area contributed by atoms with Gasteiger partial charge in [-0.25, -0.2) is 4.52 Å². The number of aromatic hydroxyl groups is 1. The summed E-state index contributed by atoms with van der Waals surface area (Å²) >= 11 is 6.21. The van der Waals surface area contributed by atoms with Crippen molar-refractivity contribution < 1.29 is 5.11 Å². The predicted molar refractivity (Wildman–Crippen MR) is 95.4 cm³/mol. The third-order valence-corrected chi connectivity index (χ3v) is 3.95. The second kappa shape index (κ2) is 5.95. The largest absolute Gasteiger partial charge is 0.508 e. The Bertz CT molecular complexity index is 1140. The normalized spacial score (nSPS) is 10.9. The van der Waals surface area contributed by atoms with Crippen molar-refractivity contribution in [1.29, 1.82) is 0 Å². The van der Waals surface area contributed by atoms with Crippen molar-refractivity contribution in [1.82, 2.24) is 19.6 Å². The number of hydrogen-bond donors (Lipinski definition) is 3. The molecule has 0 aliphatic heterocycles. The van der Waals surface area contributed by atoms with Gasteiger partial charge in [-0.3, -0.25) is 4.79 Å². The van der Waals surface area contributed by atoms with Crippen molar-refractivity contribution in [3.63, 3.8) is 0 Å². The average Bonchev–Trinajstić information content (AvgIpc) is 2.98. The Labute approximate surface area is 146 Å². The molecule has 8 heteroatoms. The molecule has 0 saturated carbocycles. The number of H-pyrrole nitrogens is 1. The maximum atomic E-state index is 11.3. The lowest BCUT2D eigenvalue weighted by molar-refractivity contribution is 0.475. The predicted octanol–water partition coefficient (Wildman–Crippen LogP) is 3.19. The zero-order valence-corrected chi connectivity index (χ0v) is 13.5. The Morgan fingerprint density at radius 3 is 2.88 bits per heavy atom. The van der Waals surface area contributed by atoms with Gasteiger partial charge in [0.05, 0.1) is 0 Å². The molecule has 25 heavy (non-hydrogen) atoms. The van der Waals surface area contributed by atoms with Crippen LogP contribution in [0, 0.1) is 0 Å². The molecule has 0 spiro atoms. The number of nitrogens with one attached hydrogen (secondary N) is 2. The molecule has 0 unspecified atom stereocenters. The number of phenolic OH excluding ortho intramolecular Hbond substituents is 1. The van der Waals surface area contributed by atoms with Crippen LogP contribution in [0.5, 0.6) is 5.75 Å². The van der Waals surface area contributed by atoms with E-state index in [9.17, 15) is 9.90 Å². The van der Waals surface area contributed by atoms with Gasteiger partial charge in [0.1, 0.15) is 5.75 Å². The number of rotatable bonds is 3. The number of anilines is 2. The van der Waals surface area contributed by atoms with Crippen LogP contribution in [0.1, 0.15) is 0 Å². The summed E-state index contributed by atoms with van der Waals surface area (Å²) in [5, 5.41) is 17.5. The van der Waals surface area contributed by atoms with Gasteiger partial charge in [0, 0.05) is 40.3 Å². The number of aromatic amines is 1. The van der Waals surface area contributed by atoms with Gasteiger partial charge in [-0.2, -0.15) is 4.98 Å². The van der Waals surface area contributed by atoms with E-state index in [2.05, 4.69) is 20.4 Å². The first-order chi connectivity index (χ1) is 12.1. The van der Waals surface area contributed by atoms with E-state index >= 15 is 0 Å². The van der Waals surface area contributed by atoms with Crippen molar-refractivity contribution in [2.24, 2.45) is 0 Å². The van der Waals surface area contributed by atoms with Crippen molar-refractivity contribution in [2.45, 2.75) is 0 Å². The summed E-state index contributed by atoms with van der Waals surface area (Å²) in [6, 6.07) is 11.5. The van der Waals surface area contributed by atoms with Crippen LogP contribution in [-0.2, 0) is 0 Å². The third kappa shape index (κ3) is 3.05. The van der Waals surface area contributed by atoms with E-state index in [0.717, 1.165) is 5.56 Å². The zero-order valence-electron chi connectivity index (χ0n) is 12.8. The number of fused-ring (bicyclic) bond motifs is 1. The molecule has 7 nitrogen and oxygen atoms in total. The maximum Gasteiger partial charge on any atom is 0.249 e. The number of hydrogen-bond acceptors (Lipinski definition) is 5. The Morgan fingerprint density at radius 2 is 2.04 bits per heavy atom. The molecule has 0 atom stereocenters. The van der Waals surface area contributed by atoms with Gasteiger partial charge in [0.15, 0.2) is 5.65 Å². The second-order valence-corrected chi connectivity index (χ2v) is 5.79. The van der Waals surface area contributed by atoms with E-state index in [4.69, 9.17) is 11.6 Å². The highest BCUT2D eigenvalue weighted by molar-refractivity contribution is 6.33. The second-order valence-electron chi connectivity index (χ2n) is 5.39. The average molecular weight is 354 g/mol. The fourth-order valence-corrected chi connectivity index (χ4v) is 2.71. The highest BCUT2D eigenvalue weighted by atomic mass is 35.5. The molecule has 0 radical (unpaired) electrons. The van der Waals surface area contributed by atoms with E-state index in [1.54, 1.807) is 41.2 Å². The maximum absolute atomic E-state index is 11.3. The molecular weight excluding hydrogens is 342 g/mol. The van der Waals surface area contributed by atoms with E-state index in [0.29, 0.717) is 27.9 Å². The van der Waals surface area contributed by atoms with Gasteiger partial charge in [-0.15, -0.1) is 5.10 Å². The monoisotopic (exact) mass is 353 g/mol. The van der Waals surface area contributed by atoms with Gasteiger partial charge in [0.2, 0.25) is 11.5 Å². The van der Waals surface area contributed by atoms with E-state index < -0.39 is 0 Å². The Hall–Kier alpha value is -3.32. The molecule has 3 heterocycles. The minimum atomic E-state index is -0.213. The van der Waals surface area contributed by atoms with Gasteiger partial charge in [-0.05, 0) is 36.4 Å². The smallest absolute Gasteiger partial charge is 0.249 e. The summed E-state index contributed by atoms with van der Waals surface area (Å²) in [5.74, 6) is 0.500. The molecule has 3 N–H and O–H groups in total. The van der Waals surface area contributed by atoms with Crippen LogP contribution in [-0.4, -0.2) is 24.7 Å². The third-order valence-electron chi connectivity index (χ3n) is 3.62. The van der Waals surface area contributed by atoms with E-state index in [1.807, 2.05) is 6.07 Å². The van der Waals surface area contributed by atoms with Crippen LogP contribution in [0.3, 0.4) is 0 Å². The minimum Gasteiger partial charge on any atom is -0.508 e. The molecule has 4 aromatic rings. The number of nitrogens with zero attached hydrogens (tertiary/aromatic N) is 3. The van der Waals surface area contributed by atoms with E-state index in [1.165, 1.54) is 12.1 Å². The summed E-state index contributed by atoms with van der Waals surface area (Å²) < 4.78 is 1.60. The minimum absolute atomic E-state index is 0.134. The molecule has 1 aromatic carbocycles. The SMILES string of the molecule is O=c1cc(Nc2nc3ccc(-c4cc(O)ccc4Cl)cn3n2)cc[nH]1. The van der Waals surface area contributed by atoms with Crippen molar-refractivity contribution in [3.8, 4) is 16.9 Å². The molecule has 0 aliphatic rings. The summed E-state index contributed by atoms with van der Waals surface area (Å²) in [5.41, 5.74) is 2.50. The van der Waals surface area contributed by atoms with Crippen LogP contribution in [0.2, 0.25) is 5.02 Å². The fourth-order valence-electron chi connectivity index (χ4n) is 2.48. The van der Waals surface area contributed by atoms with Gasteiger partial charge < -0.3 is 15.4 Å². The van der Waals surface area contributed by atoms with Crippen LogP contribution < -0.4 is 10.9 Å². The molecule has 3 aromatic heterocycles. The number of pyridine rings is 2. The molecule has 0 aliphatic carbocycles. The highest BCUT2D eigenvalue weighted by Crippen LogP contribution is 2.31. The molecule has 0 saturated heterocycles. The van der Waals surface area contributed by atoms with E-state index in [-0.39, 0.29) is 11.3 Å². The summed E-state index contributed by atoms with van der Waals surface area (Å²) in [4.78, 5) is 18.2. The lowest BCUT2D eigenvalue weighted by atomic mass is 10.1. The number of benzene rings is 1. The fraction of sp³-hybridized carbons (Fsp3) is 0. The topological polar surface area (TPSA) is 95.3 Å². The van der Waals surface area contributed by atoms with Crippen molar-refractivity contribution >= 4 is 28.9 Å². The highest BCUT2D eigenvalue weighted by Gasteiger charge is 2.09. The number of phenols is 1. The number of halogens is 1. The van der Waals surface area contributed by atoms with Crippen LogP contribution in [0.15, 0.2) is 59.7 Å². The first-order valence-electron chi connectivity index (χ1n) is 7.39. The molecule has 124 valence electrons. The first kappa shape index (κ1) is 15.2. The summed E-state index contributed by atoms with van der Waals surface area (Å²) in [6.45, 7) is 0. The van der Waals surface area contributed by atoms with Gasteiger partial charge >= 0.3 is 0 Å². The van der Waals surface area contributed by atoms with Crippen LogP contribution in [0.4, 0.5) is 11.6 Å². The van der Waals surface area contributed by atoms with Crippen LogP contribution in [0.25, 0.3) is 16.8 Å². The molecule has 4 rings (SSSR count). The Kier molecular flexibility index (Phi) is 3.62. The van der Waals surface area contributed by atoms with Crippen LogP contribution >= 0.6 is 11.6 Å². The standard InChI is InChI=1S/C17H12ClN5O2/c18-14-3-2-12(24)8-13(14)10-1-4-15-21-17(22-23(15)9-10)20-11-5-6-19-16(25)7-11/h1-9,24H,(H2,19,20,22,25). The number of aromatic nitrogens is 4. The quantitative estimate of drug-likeness (QED) is 0.525. The Balaban J connectivity index is 1.72. The first-order valence-corrected chi connectivity index (χ1v) is 7.77. The summed E-state index contributed by atoms with van der Waals surface area (Å²) in [6.07, 6.45) is 3.31. The lowest BCUT2D eigenvalue weighted by Gasteiger charge is -2.05. The molecule has 0 amide bonds. The molecular formula is C17H12ClN5O2. The molecule has 0 bridgehead atoms. The van der Waals surface area contributed by atoms with Gasteiger partial charge in [0.25, 0.3) is 0 Å². The lowest BCUT2D eigenvalue weighted by Crippen LogP contribution is -2.04. The van der Waals surface area contributed by atoms with Crippen molar-refractivity contribution in [2.75, 3.05) is 5.32 Å².